The van der Waals surface area contributed by atoms with Gasteiger partial charge in [-0.05, 0) is 54.2 Å². The molecule has 0 unspecified atom stereocenters. The van der Waals surface area contributed by atoms with Crippen LogP contribution in [0.3, 0.4) is 0 Å². The molecule has 30 heavy (non-hydrogen) atoms. The molecule has 2 heterocycles. The molecule has 1 aliphatic heterocycles. The normalized spacial score (nSPS) is 21.5. The van der Waals surface area contributed by atoms with Gasteiger partial charge in [0.25, 0.3) is 0 Å². The number of ketones is 1. The minimum atomic E-state index is -0.406. The first-order valence-electron chi connectivity index (χ1n) is 10.9. The number of H-pyrrole nitrogens is 1. The number of esters is 1. The van der Waals surface area contributed by atoms with E-state index in [4.69, 9.17) is 9.47 Å². The quantitative estimate of drug-likeness (QED) is 0.732. The van der Waals surface area contributed by atoms with Gasteiger partial charge >= 0.3 is 5.97 Å². The molecule has 0 amide bonds. The van der Waals surface area contributed by atoms with Crippen molar-refractivity contribution in [3.8, 4) is 0 Å². The lowest BCUT2D eigenvalue weighted by Gasteiger charge is -2.24. The van der Waals surface area contributed by atoms with Gasteiger partial charge in [0.05, 0.1) is 6.10 Å². The van der Waals surface area contributed by atoms with Gasteiger partial charge in [0.15, 0.2) is 5.78 Å². The number of benzene rings is 1. The second-order valence-corrected chi connectivity index (χ2v) is 9.61. The minimum absolute atomic E-state index is 0.0130. The Hall–Kier alpha value is -2.40. The molecule has 1 aromatic carbocycles. The van der Waals surface area contributed by atoms with Crippen molar-refractivity contribution in [2.75, 3.05) is 13.2 Å². The molecule has 2 atom stereocenters. The van der Waals surface area contributed by atoms with Crippen molar-refractivity contribution in [2.24, 2.45) is 0 Å². The van der Waals surface area contributed by atoms with E-state index >= 15 is 0 Å². The van der Waals surface area contributed by atoms with Gasteiger partial charge in [0.2, 0.25) is 0 Å². The summed E-state index contributed by atoms with van der Waals surface area (Å²) in [6.45, 7) is 9.40. The van der Waals surface area contributed by atoms with E-state index in [9.17, 15) is 9.59 Å². The highest BCUT2D eigenvalue weighted by Gasteiger charge is 2.32. The number of carbonyl (C=O) groups is 2. The zero-order valence-corrected chi connectivity index (χ0v) is 18.3. The topological polar surface area (TPSA) is 68.4 Å². The number of hydrogen-bond acceptors (Lipinski definition) is 4. The number of Topliss-reactive ketones (excluding diaryl/α,β-unsaturated/α-hetero) is 1. The van der Waals surface area contributed by atoms with E-state index in [0.717, 1.165) is 37.1 Å². The molecule has 1 N–H and O–H groups in total. The third-order valence-electron chi connectivity index (χ3n) is 6.37. The zero-order chi connectivity index (χ0) is 21.5. The van der Waals surface area contributed by atoms with Crippen LogP contribution in [-0.2, 0) is 21.3 Å². The second-order valence-electron chi connectivity index (χ2n) is 9.61. The third kappa shape index (κ3) is 4.08. The molecule has 160 valence electrons. The summed E-state index contributed by atoms with van der Waals surface area (Å²) in [6, 6.07) is 8.58. The van der Waals surface area contributed by atoms with E-state index in [1.165, 1.54) is 5.56 Å². The fourth-order valence-electron chi connectivity index (χ4n) is 4.55. The monoisotopic (exact) mass is 409 g/mol. The Morgan fingerprint density at radius 2 is 1.93 bits per heavy atom. The van der Waals surface area contributed by atoms with Crippen LogP contribution >= 0.6 is 0 Å². The number of aromatic amines is 1. The molecule has 1 aromatic heterocycles. The van der Waals surface area contributed by atoms with Crippen molar-refractivity contribution in [1.29, 1.82) is 0 Å². The Morgan fingerprint density at radius 3 is 2.57 bits per heavy atom. The Labute approximate surface area is 178 Å². The fraction of sp³-hybridized carbons (Fsp3) is 0.520. The van der Waals surface area contributed by atoms with E-state index < -0.39 is 5.97 Å². The van der Waals surface area contributed by atoms with Gasteiger partial charge in [0.1, 0.15) is 12.3 Å². The molecule has 0 saturated carbocycles. The summed E-state index contributed by atoms with van der Waals surface area (Å²) in [7, 11) is 0. The molecule has 5 heteroatoms. The highest BCUT2D eigenvalue weighted by molar-refractivity contribution is 6.03. The van der Waals surface area contributed by atoms with Crippen LogP contribution in [0.1, 0.15) is 89.2 Å². The molecule has 1 fully saturated rings. The van der Waals surface area contributed by atoms with Crippen LogP contribution in [0.25, 0.3) is 0 Å². The highest BCUT2D eigenvalue weighted by atomic mass is 16.6. The van der Waals surface area contributed by atoms with Crippen LogP contribution in [-0.4, -0.2) is 36.1 Å². The molecule has 0 spiro atoms. The molecule has 1 saturated heterocycles. The van der Waals surface area contributed by atoms with Gasteiger partial charge in [-0.15, -0.1) is 0 Å². The molecule has 2 aliphatic rings. The number of carbonyl (C=O) groups excluding carboxylic acids is 2. The average Bonchev–Trinajstić information content (AvgIpc) is 3.33. The highest BCUT2D eigenvalue weighted by Crippen LogP contribution is 2.36. The molecule has 1 aliphatic carbocycles. The maximum atomic E-state index is 12.9. The Balaban J connectivity index is 1.51. The van der Waals surface area contributed by atoms with Crippen molar-refractivity contribution in [3.63, 3.8) is 0 Å². The first-order chi connectivity index (χ1) is 14.2. The van der Waals surface area contributed by atoms with Crippen LogP contribution in [0, 0.1) is 6.92 Å². The van der Waals surface area contributed by atoms with E-state index in [2.05, 4.69) is 50.0 Å². The number of rotatable bonds is 4. The van der Waals surface area contributed by atoms with Crippen molar-refractivity contribution in [1.82, 2.24) is 4.98 Å². The van der Waals surface area contributed by atoms with Gasteiger partial charge in [-0.2, -0.15) is 0 Å². The van der Waals surface area contributed by atoms with Crippen LogP contribution in [0.4, 0.5) is 0 Å². The summed E-state index contributed by atoms with van der Waals surface area (Å²) in [5, 5.41) is 0. The van der Waals surface area contributed by atoms with Gasteiger partial charge in [-0.1, -0.05) is 45.0 Å². The molecular weight excluding hydrogens is 378 g/mol. The summed E-state index contributed by atoms with van der Waals surface area (Å²) in [5.74, 6) is -0.197. The summed E-state index contributed by atoms with van der Waals surface area (Å²) in [5.41, 5.74) is 5.16. The molecule has 2 aromatic rings. The number of ether oxygens (including phenoxy) is 2. The first-order valence-corrected chi connectivity index (χ1v) is 10.9. The minimum Gasteiger partial charge on any atom is -0.458 e. The summed E-state index contributed by atoms with van der Waals surface area (Å²) in [6.07, 6.45) is 3.09. The smallest absolute Gasteiger partial charge is 0.355 e. The van der Waals surface area contributed by atoms with Crippen LogP contribution < -0.4 is 0 Å². The second kappa shape index (κ2) is 8.03. The summed E-state index contributed by atoms with van der Waals surface area (Å²) < 4.78 is 11.0. The van der Waals surface area contributed by atoms with Gasteiger partial charge in [0, 0.05) is 24.3 Å². The Morgan fingerprint density at radius 1 is 1.20 bits per heavy atom. The Kier molecular flexibility index (Phi) is 5.58. The van der Waals surface area contributed by atoms with E-state index in [-0.39, 0.29) is 29.8 Å². The molecule has 0 radical (unpaired) electrons. The number of aromatic nitrogens is 1. The van der Waals surface area contributed by atoms with Gasteiger partial charge in [-0.25, -0.2) is 4.79 Å². The van der Waals surface area contributed by atoms with E-state index in [0.29, 0.717) is 23.2 Å². The van der Waals surface area contributed by atoms with Crippen molar-refractivity contribution in [3.05, 3.63) is 57.9 Å². The predicted molar refractivity (Wildman–Crippen MR) is 115 cm³/mol. The van der Waals surface area contributed by atoms with Crippen LogP contribution in [0.5, 0.6) is 0 Å². The zero-order valence-electron chi connectivity index (χ0n) is 18.3. The first kappa shape index (κ1) is 20.9. The van der Waals surface area contributed by atoms with E-state index in [1.807, 2.05) is 6.92 Å². The fourth-order valence-corrected chi connectivity index (χ4v) is 4.55. The molecular formula is C25H31NO4. The third-order valence-corrected chi connectivity index (χ3v) is 6.37. The number of nitrogens with one attached hydrogen (secondary N) is 1. The predicted octanol–water partition coefficient (Wildman–Crippen LogP) is 4.87. The van der Waals surface area contributed by atoms with Crippen LogP contribution in [0.2, 0.25) is 0 Å². The summed E-state index contributed by atoms with van der Waals surface area (Å²) in [4.78, 5) is 28.7. The van der Waals surface area contributed by atoms with Crippen molar-refractivity contribution >= 4 is 11.8 Å². The van der Waals surface area contributed by atoms with Crippen molar-refractivity contribution in [2.45, 2.75) is 70.8 Å². The number of fused-ring (bicyclic) bond motifs is 1. The standard InChI is InChI=1S/C25H31NO4/c1-15-22-20(26-23(15)24(28)30-14-19-6-5-11-29-19)12-17(13-21(22)27)16-7-9-18(10-8-16)25(2,3)4/h7-10,17,19,26H,5-6,11-14H2,1-4H3/t17-,19-/m1/s1. The van der Waals surface area contributed by atoms with Crippen molar-refractivity contribution < 1.29 is 19.1 Å². The Bertz CT molecular complexity index is 943. The molecule has 4 rings (SSSR count). The van der Waals surface area contributed by atoms with E-state index in [1.54, 1.807) is 0 Å². The summed E-state index contributed by atoms with van der Waals surface area (Å²) >= 11 is 0. The SMILES string of the molecule is Cc1c(C(=O)OC[C@H]2CCCO2)[nH]c2c1C(=O)C[C@H](c1ccc(C(C)(C)C)cc1)C2. The molecule has 0 bridgehead atoms. The molecule has 5 nitrogen and oxygen atoms in total. The maximum absolute atomic E-state index is 12.9. The number of hydrogen-bond donors (Lipinski definition) is 1. The van der Waals surface area contributed by atoms with Crippen LogP contribution in [0.15, 0.2) is 24.3 Å². The largest absolute Gasteiger partial charge is 0.458 e. The maximum Gasteiger partial charge on any atom is 0.355 e. The van der Waals surface area contributed by atoms with Gasteiger partial charge < -0.3 is 14.5 Å². The average molecular weight is 410 g/mol. The lowest BCUT2D eigenvalue weighted by Crippen LogP contribution is -2.19. The van der Waals surface area contributed by atoms with Gasteiger partial charge in [-0.3, -0.25) is 4.79 Å². The lowest BCUT2D eigenvalue weighted by atomic mass is 9.80. The lowest BCUT2D eigenvalue weighted by molar-refractivity contribution is 0.0156.